The molecule has 0 unspecified atom stereocenters. The summed E-state index contributed by atoms with van der Waals surface area (Å²) < 4.78 is 2.18. The van der Waals surface area contributed by atoms with Crippen LogP contribution in [0.4, 0.5) is 17.6 Å². The van der Waals surface area contributed by atoms with Crippen molar-refractivity contribution in [3.63, 3.8) is 0 Å². The highest BCUT2D eigenvalue weighted by Crippen LogP contribution is 2.24. The van der Waals surface area contributed by atoms with Gasteiger partial charge in [-0.05, 0) is 40.7 Å². The van der Waals surface area contributed by atoms with Crippen molar-refractivity contribution in [3.05, 3.63) is 30.4 Å². The van der Waals surface area contributed by atoms with E-state index < -0.39 is 5.41 Å². The van der Waals surface area contributed by atoms with Gasteiger partial charge in [0.25, 0.3) is 0 Å². The number of hydrogen-bond acceptors (Lipinski definition) is 7. The number of amides is 1. The molecule has 0 aliphatic carbocycles. The Kier molecular flexibility index (Phi) is 5.67. The fourth-order valence-electron chi connectivity index (χ4n) is 3.20. The smallest absolute Gasteiger partial charge is 0.227 e. The van der Waals surface area contributed by atoms with Gasteiger partial charge in [-0.15, -0.1) is 0 Å². The number of nitrogens with zero attached hydrogens (tertiary/aromatic N) is 5. The first kappa shape index (κ1) is 20.5. The second kappa shape index (κ2) is 8.02. The number of pyridine rings is 1. The zero-order valence-corrected chi connectivity index (χ0v) is 17.7. The van der Waals surface area contributed by atoms with Crippen LogP contribution in [-0.2, 0) is 4.79 Å². The van der Waals surface area contributed by atoms with Crippen molar-refractivity contribution in [1.82, 2.24) is 29.8 Å². The maximum atomic E-state index is 11.9. The predicted molar refractivity (Wildman–Crippen MR) is 114 cm³/mol. The summed E-state index contributed by atoms with van der Waals surface area (Å²) in [5.74, 6) is 2.64. The van der Waals surface area contributed by atoms with Crippen molar-refractivity contribution >= 4 is 34.5 Å². The SMILES string of the molecule is CNC(=O)C(C)(C)CNc1nccc(Nc2cc3c(cn2)nc(C)n3C(C)C)n1. The molecule has 3 aromatic rings. The fourth-order valence-corrected chi connectivity index (χ4v) is 3.20. The number of carbonyl (C=O) groups is 1. The summed E-state index contributed by atoms with van der Waals surface area (Å²) in [5, 5.41) is 9.01. The largest absolute Gasteiger partial charge is 0.359 e. The molecule has 9 nitrogen and oxygen atoms in total. The van der Waals surface area contributed by atoms with E-state index in [0.717, 1.165) is 16.9 Å². The van der Waals surface area contributed by atoms with E-state index in [9.17, 15) is 4.79 Å². The van der Waals surface area contributed by atoms with Crippen molar-refractivity contribution in [3.8, 4) is 0 Å². The highest BCUT2D eigenvalue weighted by Gasteiger charge is 2.26. The number of aryl methyl sites for hydroxylation is 1. The predicted octanol–water partition coefficient (Wildman–Crippen LogP) is 3.04. The number of nitrogens with one attached hydrogen (secondary N) is 3. The summed E-state index contributed by atoms with van der Waals surface area (Å²) in [7, 11) is 1.63. The normalized spacial score (nSPS) is 11.7. The van der Waals surface area contributed by atoms with Crippen LogP contribution in [0.1, 0.15) is 39.6 Å². The van der Waals surface area contributed by atoms with Crippen LogP contribution in [-0.4, -0.2) is 44.0 Å². The Morgan fingerprint density at radius 2 is 1.97 bits per heavy atom. The summed E-state index contributed by atoms with van der Waals surface area (Å²) >= 11 is 0. The lowest BCUT2D eigenvalue weighted by Crippen LogP contribution is -2.39. The van der Waals surface area contributed by atoms with Crippen molar-refractivity contribution in [2.75, 3.05) is 24.2 Å². The Labute approximate surface area is 170 Å². The van der Waals surface area contributed by atoms with Gasteiger partial charge in [-0.2, -0.15) is 4.98 Å². The monoisotopic (exact) mass is 396 g/mol. The fraction of sp³-hybridized carbons (Fsp3) is 0.450. The number of fused-ring (bicyclic) bond motifs is 1. The molecule has 1 amide bonds. The molecular weight excluding hydrogens is 368 g/mol. The lowest BCUT2D eigenvalue weighted by molar-refractivity contribution is -0.128. The van der Waals surface area contributed by atoms with Gasteiger partial charge in [0.1, 0.15) is 23.0 Å². The molecule has 0 aliphatic rings. The van der Waals surface area contributed by atoms with E-state index in [4.69, 9.17) is 0 Å². The minimum Gasteiger partial charge on any atom is -0.359 e. The Hall–Kier alpha value is -3.23. The van der Waals surface area contributed by atoms with Crippen LogP contribution in [0, 0.1) is 12.3 Å². The standard InChI is InChI=1S/C20H28N8O/c1-12(2)28-13(3)25-14-10-23-17(9-15(14)28)26-16-7-8-22-19(27-16)24-11-20(4,5)18(29)21-6/h7-10,12H,11H2,1-6H3,(H,21,29)(H2,22,23,24,26,27). The third kappa shape index (κ3) is 4.44. The summed E-state index contributed by atoms with van der Waals surface area (Å²) in [6.45, 7) is 10.4. The van der Waals surface area contributed by atoms with E-state index in [2.05, 4.69) is 54.3 Å². The van der Waals surface area contributed by atoms with Crippen molar-refractivity contribution in [2.45, 2.75) is 40.7 Å². The molecule has 0 fully saturated rings. The third-order valence-electron chi connectivity index (χ3n) is 4.71. The molecule has 3 rings (SSSR count). The average Bonchev–Trinajstić information content (AvgIpc) is 3.01. The maximum absolute atomic E-state index is 11.9. The van der Waals surface area contributed by atoms with Gasteiger partial charge in [0, 0.05) is 31.9 Å². The summed E-state index contributed by atoms with van der Waals surface area (Å²) in [4.78, 5) is 29.6. The Morgan fingerprint density at radius 1 is 1.21 bits per heavy atom. The summed E-state index contributed by atoms with van der Waals surface area (Å²) in [5.41, 5.74) is 1.30. The molecule has 0 spiro atoms. The van der Waals surface area contributed by atoms with Crippen molar-refractivity contribution in [1.29, 1.82) is 0 Å². The highest BCUT2D eigenvalue weighted by atomic mass is 16.2. The number of anilines is 3. The van der Waals surface area contributed by atoms with E-state index in [1.54, 1.807) is 25.5 Å². The molecule has 0 aliphatic heterocycles. The van der Waals surface area contributed by atoms with Gasteiger partial charge in [-0.1, -0.05) is 0 Å². The highest BCUT2D eigenvalue weighted by molar-refractivity contribution is 5.82. The second-order valence-corrected chi connectivity index (χ2v) is 7.89. The first-order chi connectivity index (χ1) is 13.7. The van der Waals surface area contributed by atoms with Crippen LogP contribution < -0.4 is 16.0 Å². The first-order valence-corrected chi connectivity index (χ1v) is 9.62. The minimum absolute atomic E-state index is 0.0474. The summed E-state index contributed by atoms with van der Waals surface area (Å²) in [6.07, 6.45) is 3.42. The molecule has 0 aromatic carbocycles. The van der Waals surface area contributed by atoms with Gasteiger partial charge in [-0.25, -0.2) is 15.0 Å². The van der Waals surface area contributed by atoms with E-state index in [1.165, 1.54) is 0 Å². The third-order valence-corrected chi connectivity index (χ3v) is 4.71. The van der Waals surface area contributed by atoms with E-state index in [0.29, 0.717) is 30.2 Å². The van der Waals surface area contributed by atoms with E-state index in [1.807, 2.05) is 26.8 Å². The molecule has 0 atom stereocenters. The number of aromatic nitrogens is 5. The molecule has 3 N–H and O–H groups in total. The van der Waals surface area contributed by atoms with Crippen LogP contribution in [0.5, 0.6) is 0 Å². The van der Waals surface area contributed by atoms with Gasteiger partial charge in [0.2, 0.25) is 11.9 Å². The number of carbonyl (C=O) groups excluding carboxylic acids is 1. The van der Waals surface area contributed by atoms with Crippen LogP contribution in [0.2, 0.25) is 0 Å². The summed E-state index contributed by atoms with van der Waals surface area (Å²) in [6, 6.07) is 4.04. The van der Waals surface area contributed by atoms with Gasteiger partial charge >= 0.3 is 0 Å². The van der Waals surface area contributed by atoms with E-state index >= 15 is 0 Å². The number of imidazole rings is 1. The van der Waals surface area contributed by atoms with Gasteiger partial charge < -0.3 is 20.5 Å². The molecule has 9 heteroatoms. The Balaban J connectivity index is 1.78. The Morgan fingerprint density at radius 3 is 2.66 bits per heavy atom. The lowest BCUT2D eigenvalue weighted by atomic mass is 9.92. The van der Waals surface area contributed by atoms with Crippen molar-refractivity contribution < 1.29 is 4.79 Å². The molecule has 0 bridgehead atoms. The molecule has 0 saturated carbocycles. The van der Waals surface area contributed by atoms with Crippen LogP contribution in [0.25, 0.3) is 11.0 Å². The topological polar surface area (TPSA) is 110 Å². The quantitative estimate of drug-likeness (QED) is 0.563. The molecule has 0 saturated heterocycles. The van der Waals surface area contributed by atoms with Crippen molar-refractivity contribution in [2.24, 2.45) is 5.41 Å². The molecule has 154 valence electrons. The van der Waals surface area contributed by atoms with Gasteiger partial charge in [-0.3, -0.25) is 4.79 Å². The average molecular weight is 396 g/mol. The molecule has 3 aromatic heterocycles. The Bertz CT molecular complexity index is 1020. The molecule has 29 heavy (non-hydrogen) atoms. The van der Waals surface area contributed by atoms with E-state index in [-0.39, 0.29) is 5.91 Å². The first-order valence-electron chi connectivity index (χ1n) is 9.62. The van der Waals surface area contributed by atoms with Crippen LogP contribution in [0.15, 0.2) is 24.5 Å². The van der Waals surface area contributed by atoms with Gasteiger partial charge in [0.15, 0.2) is 0 Å². The molecular formula is C20H28N8O. The maximum Gasteiger partial charge on any atom is 0.227 e. The van der Waals surface area contributed by atoms with Crippen LogP contribution in [0.3, 0.4) is 0 Å². The van der Waals surface area contributed by atoms with Gasteiger partial charge in [0.05, 0.1) is 17.1 Å². The molecule has 0 radical (unpaired) electrons. The lowest BCUT2D eigenvalue weighted by Gasteiger charge is -2.22. The number of hydrogen-bond donors (Lipinski definition) is 3. The van der Waals surface area contributed by atoms with Crippen LogP contribution >= 0.6 is 0 Å². The zero-order chi connectivity index (χ0) is 21.2. The molecule has 3 heterocycles. The minimum atomic E-state index is -0.582. The number of rotatable bonds is 7. The second-order valence-electron chi connectivity index (χ2n) is 7.89. The zero-order valence-electron chi connectivity index (χ0n) is 17.7.